The maximum absolute atomic E-state index is 12.8. The van der Waals surface area contributed by atoms with Crippen LogP contribution in [0, 0.1) is 23.2 Å². The van der Waals surface area contributed by atoms with Crippen molar-refractivity contribution in [3.05, 3.63) is 0 Å². The van der Waals surface area contributed by atoms with E-state index in [9.17, 15) is 9.59 Å². The van der Waals surface area contributed by atoms with Gasteiger partial charge < -0.3 is 15.5 Å². The number of carbonyl (C=O) groups excluding carboxylic acids is 2. The van der Waals surface area contributed by atoms with Crippen molar-refractivity contribution in [2.75, 3.05) is 19.6 Å². The lowest BCUT2D eigenvalue weighted by Crippen LogP contribution is -2.50. The second-order valence-electron chi connectivity index (χ2n) is 10.0. The Balaban J connectivity index is 0.00000180. The number of rotatable bonds is 4. The fourth-order valence-electron chi connectivity index (χ4n) is 7.56. The Bertz CT molecular complexity index is 547. The molecule has 6 rings (SSSR count). The van der Waals surface area contributed by atoms with Crippen LogP contribution in [0.2, 0.25) is 0 Å². The van der Waals surface area contributed by atoms with Crippen LogP contribution in [0.4, 0.5) is 0 Å². The van der Waals surface area contributed by atoms with Crippen LogP contribution in [0.1, 0.15) is 64.2 Å². The molecule has 2 saturated heterocycles. The Labute approximate surface area is 168 Å². The molecule has 6 heteroatoms. The highest BCUT2D eigenvalue weighted by atomic mass is 35.5. The second-order valence-corrected chi connectivity index (χ2v) is 10.0. The first-order valence-electron chi connectivity index (χ1n) is 10.9. The largest absolute Gasteiger partial charge is 0.347 e. The van der Waals surface area contributed by atoms with Crippen LogP contribution in [0.3, 0.4) is 0 Å². The fraction of sp³-hybridized carbons (Fsp3) is 0.905. The van der Waals surface area contributed by atoms with E-state index in [0.717, 1.165) is 50.1 Å². The molecule has 27 heavy (non-hydrogen) atoms. The third-order valence-electron chi connectivity index (χ3n) is 8.08. The van der Waals surface area contributed by atoms with Crippen LogP contribution in [0.5, 0.6) is 0 Å². The first kappa shape index (κ1) is 19.5. The molecule has 4 aliphatic carbocycles. The van der Waals surface area contributed by atoms with Crippen molar-refractivity contribution >= 4 is 24.2 Å². The normalized spacial score (nSPS) is 41.8. The molecule has 4 saturated carbocycles. The third kappa shape index (κ3) is 3.74. The van der Waals surface area contributed by atoms with Gasteiger partial charge in [0.25, 0.3) is 0 Å². The Morgan fingerprint density at radius 1 is 0.963 bits per heavy atom. The average Bonchev–Trinajstić information content (AvgIpc) is 2.84. The molecule has 0 aromatic heterocycles. The monoisotopic (exact) mass is 395 g/mol. The van der Waals surface area contributed by atoms with Gasteiger partial charge in [-0.1, -0.05) is 0 Å². The fourth-order valence-corrected chi connectivity index (χ4v) is 7.56. The number of halogens is 1. The zero-order valence-electron chi connectivity index (χ0n) is 16.3. The molecule has 6 bridgehead atoms. The smallest absolute Gasteiger partial charge is 0.242 e. The van der Waals surface area contributed by atoms with Crippen LogP contribution in [-0.2, 0) is 9.59 Å². The van der Waals surface area contributed by atoms with Gasteiger partial charge in [0.05, 0.1) is 6.54 Å². The minimum absolute atomic E-state index is 0. The van der Waals surface area contributed by atoms with Crippen molar-refractivity contribution < 1.29 is 9.59 Å². The molecular weight excluding hydrogens is 362 g/mol. The van der Waals surface area contributed by atoms with Crippen LogP contribution >= 0.6 is 12.4 Å². The summed E-state index contributed by atoms with van der Waals surface area (Å²) in [5.74, 6) is 2.85. The molecular formula is C21H34ClN3O2. The Hall–Kier alpha value is -0.810. The average molecular weight is 396 g/mol. The summed E-state index contributed by atoms with van der Waals surface area (Å²) < 4.78 is 0. The summed E-state index contributed by atoms with van der Waals surface area (Å²) in [4.78, 5) is 27.5. The zero-order valence-corrected chi connectivity index (χ0v) is 17.1. The quantitative estimate of drug-likeness (QED) is 0.768. The van der Waals surface area contributed by atoms with Crippen molar-refractivity contribution in [3.8, 4) is 0 Å². The Morgan fingerprint density at radius 2 is 1.59 bits per heavy atom. The molecule has 6 fully saturated rings. The first-order chi connectivity index (χ1) is 12.6. The van der Waals surface area contributed by atoms with E-state index in [0.29, 0.717) is 18.5 Å². The molecule has 0 spiro atoms. The van der Waals surface area contributed by atoms with Crippen LogP contribution in [0.25, 0.3) is 0 Å². The van der Waals surface area contributed by atoms with E-state index in [2.05, 4.69) is 15.5 Å². The van der Waals surface area contributed by atoms with Crippen molar-refractivity contribution in [1.82, 2.24) is 15.5 Å². The van der Waals surface area contributed by atoms with Gasteiger partial charge in [0.15, 0.2) is 0 Å². The number of nitrogens with zero attached hydrogens (tertiary/aromatic N) is 1. The first-order valence-corrected chi connectivity index (χ1v) is 10.9. The highest BCUT2D eigenvalue weighted by molar-refractivity contribution is 5.86. The van der Waals surface area contributed by atoms with Crippen molar-refractivity contribution in [3.63, 3.8) is 0 Å². The minimum atomic E-state index is 0. The van der Waals surface area contributed by atoms with Gasteiger partial charge in [0.1, 0.15) is 0 Å². The lowest BCUT2D eigenvalue weighted by atomic mass is 9.49. The second kappa shape index (κ2) is 7.55. The third-order valence-corrected chi connectivity index (χ3v) is 8.08. The van der Waals surface area contributed by atoms with Gasteiger partial charge in [-0.2, -0.15) is 0 Å². The van der Waals surface area contributed by atoms with Gasteiger partial charge in [0, 0.05) is 25.0 Å². The van der Waals surface area contributed by atoms with Gasteiger partial charge >= 0.3 is 0 Å². The number of carbonyl (C=O) groups is 2. The topological polar surface area (TPSA) is 61.4 Å². The molecule has 2 atom stereocenters. The molecule has 2 unspecified atom stereocenters. The Kier molecular flexibility index (Phi) is 5.45. The summed E-state index contributed by atoms with van der Waals surface area (Å²) in [6.07, 6.45) is 11.9. The molecule has 0 radical (unpaired) electrons. The van der Waals surface area contributed by atoms with E-state index in [-0.39, 0.29) is 36.2 Å². The summed E-state index contributed by atoms with van der Waals surface area (Å²) in [5.41, 5.74) is 0.257. The summed E-state index contributed by atoms with van der Waals surface area (Å²) in [7, 11) is 0. The van der Waals surface area contributed by atoms with Gasteiger partial charge in [0.2, 0.25) is 11.8 Å². The maximum Gasteiger partial charge on any atom is 0.242 e. The lowest BCUT2D eigenvalue weighted by Gasteiger charge is -2.56. The highest BCUT2D eigenvalue weighted by Crippen LogP contribution is 2.61. The van der Waals surface area contributed by atoms with Crippen LogP contribution < -0.4 is 10.6 Å². The number of hydrogen-bond donors (Lipinski definition) is 2. The van der Waals surface area contributed by atoms with Gasteiger partial charge in [-0.3, -0.25) is 9.59 Å². The van der Waals surface area contributed by atoms with Crippen molar-refractivity contribution in [1.29, 1.82) is 0 Å². The molecule has 5 nitrogen and oxygen atoms in total. The van der Waals surface area contributed by atoms with E-state index >= 15 is 0 Å². The lowest BCUT2D eigenvalue weighted by molar-refractivity contribution is -0.137. The summed E-state index contributed by atoms with van der Waals surface area (Å²) in [6.45, 7) is 2.10. The summed E-state index contributed by atoms with van der Waals surface area (Å²) >= 11 is 0. The van der Waals surface area contributed by atoms with E-state index in [1.807, 2.05) is 0 Å². The molecule has 0 aromatic carbocycles. The molecule has 2 N–H and O–H groups in total. The molecule has 2 heterocycles. The zero-order chi connectivity index (χ0) is 17.7. The molecule has 0 aromatic rings. The standard InChI is InChI=1S/C21H33N3O2.ClH/c25-19(11-21-8-14-5-15(9-21)7-16(6-14)10-21)23-13-20(26)24-17-1-2-18(24)12-22-4-3-17;/h14-18,22H,1-13H2,(H,23,25);1H. The van der Waals surface area contributed by atoms with Gasteiger partial charge in [-0.05, 0) is 87.5 Å². The predicted octanol–water partition coefficient (Wildman–Crippen LogP) is 2.48. The van der Waals surface area contributed by atoms with Gasteiger partial charge in [-0.15, -0.1) is 12.4 Å². The maximum atomic E-state index is 12.8. The van der Waals surface area contributed by atoms with E-state index in [4.69, 9.17) is 0 Å². The van der Waals surface area contributed by atoms with Crippen LogP contribution in [-0.4, -0.2) is 48.4 Å². The predicted molar refractivity (Wildman–Crippen MR) is 107 cm³/mol. The van der Waals surface area contributed by atoms with E-state index < -0.39 is 0 Å². The number of amides is 2. The molecule has 6 aliphatic rings. The molecule has 2 amide bonds. The number of nitrogens with one attached hydrogen (secondary N) is 2. The number of hydrogen-bond acceptors (Lipinski definition) is 3. The summed E-state index contributed by atoms with van der Waals surface area (Å²) in [6, 6.07) is 0.706. The van der Waals surface area contributed by atoms with E-state index in [1.165, 1.54) is 38.5 Å². The van der Waals surface area contributed by atoms with Crippen molar-refractivity contribution in [2.24, 2.45) is 23.2 Å². The summed E-state index contributed by atoms with van der Waals surface area (Å²) in [5, 5.41) is 6.43. The Morgan fingerprint density at radius 3 is 2.26 bits per heavy atom. The molecule has 2 aliphatic heterocycles. The van der Waals surface area contributed by atoms with E-state index in [1.54, 1.807) is 0 Å². The molecule has 152 valence electrons. The van der Waals surface area contributed by atoms with Gasteiger partial charge in [-0.25, -0.2) is 0 Å². The SMILES string of the molecule is Cl.O=C(CC12CC3CC(CC(C3)C1)C2)NCC(=O)N1C2CCNCC1CC2. The highest BCUT2D eigenvalue weighted by Gasteiger charge is 2.51. The van der Waals surface area contributed by atoms with Crippen molar-refractivity contribution in [2.45, 2.75) is 76.3 Å². The van der Waals surface area contributed by atoms with Crippen LogP contribution in [0.15, 0.2) is 0 Å². The number of fused-ring (bicyclic) bond motifs is 2. The minimum Gasteiger partial charge on any atom is -0.347 e.